The molecule has 2 aliphatic heterocycles. The van der Waals surface area contributed by atoms with Crippen LogP contribution in [0.2, 0.25) is 0 Å². The van der Waals surface area contributed by atoms with Gasteiger partial charge in [-0.3, -0.25) is 0 Å². The molecule has 1 spiro atoms. The molecule has 21 heavy (non-hydrogen) atoms. The predicted molar refractivity (Wildman–Crippen MR) is 83.4 cm³/mol. The summed E-state index contributed by atoms with van der Waals surface area (Å²) in [7, 11) is 0. The number of aliphatic hydroxyl groups is 1. The standard InChI is InChI=1S/C15H20N4O2.2H2/c20-8-11-7-15(2-5-21-6-3-15)9-19(11)14-12-1-4-16-13(12)17-10-18-14;;/h1,4,10-11,20H,2-3,5-9H2,(H,16,17,18);2*1H/t11-;;/m0../s1. The van der Waals surface area contributed by atoms with E-state index in [9.17, 15) is 5.11 Å². The van der Waals surface area contributed by atoms with Crippen molar-refractivity contribution < 1.29 is 12.7 Å². The monoisotopic (exact) mass is 292 g/mol. The minimum absolute atomic E-state index is 0. The summed E-state index contributed by atoms with van der Waals surface area (Å²) in [4.78, 5) is 14.1. The van der Waals surface area contributed by atoms with Crippen molar-refractivity contribution in [3.63, 3.8) is 0 Å². The Morgan fingerprint density at radius 1 is 1.43 bits per heavy atom. The number of H-pyrrole nitrogens is 1. The van der Waals surface area contributed by atoms with Crippen LogP contribution in [0.15, 0.2) is 18.6 Å². The molecular weight excluding hydrogens is 268 g/mol. The highest BCUT2D eigenvalue weighted by atomic mass is 16.5. The van der Waals surface area contributed by atoms with Crippen molar-refractivity contribution in [2.45, 2.75) is 25.3 Å². The zero-order chi connectivity index (χ0) is 14.3. The molecule has 0 amide bonds. The van der Waals surface area contributed by atoms with Crippen LogP contribution in [-0.2, 0) is 4.74 Å². The summed E-state index contributed by atoms with van der Waals surface area (Å²) in [5, 5.41) is 10.8. The summed E-state index contributed by atoms with van der Waals surface area (Å²) in [5.41, 5.74) is 1.11. The number of fused-ring (bicyclic) bond motifs is 1. The van der Waals surface area contributed by atoms with Crippen molar-refractivity contribution in [2.75, 3.05) is 31.3 Å². The Kier molecular flexibility index (Phi) is 3.08. The summed E-state index contributed by atoms with van der Waals surface area (Å²) >= 11 is 0. The molecule has 6 heteroatoms. The molecule has 0 aromatic carbocycles. The lowest BCUT2D eigenvalue weighted by molar-refractivity contribution is 0.0230. The second-order valence-electron chi connectivity index (χ2n) is 6.22. The summed E-state index contributed by atoms with van der Waals surface area (Å²) < 4.78 is 5.51. The maximum Gasteiger partial charge on any atom is 0.142 e. The highest BCUT2D eigenvalue weighted by Crippen LogP contribution is 2.44. The smallest absolute Gasteiger partial charge is 0.142 e. The van der Waals surface area contributed by atoms with E-state index < -0.39 is 0 Å². The largest absolute Gasteiger partial charge is 0.394 e. The molecule has 2 aromatic rings. The predicted octanol–water partition coefficient (Wildman–Crippen LogP) is 1.82. The average molecular weight is 292 g/mol. The third-order valence-electron chi connectivity index (χ3n) is 4.98. The second-order valence-corrected chi connectivity index (χ2v) is 6.22. The number of anilines is 1. The summed E-state index contributed by atoms with van der Waals surface area (Å²) in [6.07, 6.45) is 6.64. The van der Waals surface area contributed by atoms with Crippen LogP contribution in [-0.4, -0.2) is 52.5 Å². The van der Waals surface area contributed by atoms with Gasteiger partial charge < -0.3 is 19.7 Å². The van der Waals surface area contributed by atoms with E-state index in [-0.39, 0.29) is 20.9 Å². The number of nitrogens with zero attached hydrogens (tertiary/aromatic N) is 3. The average Bonchev–Trinajstić information content (AvgIpc) is 3.12. The maximum atomic E-state index is 9.81. The summed E-state index contributed by atoms with van der Waals surface area (Å²) in [6, 6.07) is 2.14. The van der Waals surface area contributed by atoms with E-state index in [2.05, 4.69) is 19.9 Å². The zero-order valence-electron chi connectivity index (χ0n) is 12.0. The topological polar surface area (TPSA) is 74.3 Å². The van der Waals surface area contributed by atoms with Crippen LogP contribution < -0.4 is 4.90 Å². The molecule has 4 rings (SSSR count). The van der Waals surface area contributed by atoms with Crippen molar-refractivity contribution in [1.82, 2.24) is 15.0 Å². The van der Waals surface area contributed by atoms with E-state index >= 15 is 0 Å². The highest BCUT2D eigenvalue weighted by molar-refractivity contribution is 5.87. The fourth-order valence-electron chi connectivity index (χ4n) is 3.83. The third kappa shape index (κ3) is 2.10. The van der Waals surface area contributed by atoms with Crippen molar-refractivity contribution in [2.24, 2.45) is 5.41 Å². The Balaban J connectivity index is 0.000000960. The molecule has 0 saturated carbocycles. The first kappa shape index (κ1) is 13.0. The van der Waals surface area contributed by atoms with Gasteiger partial charge in [0.2, 0.25) is 0 Å². The molecule has 1 atom stereocenters. The molecule has 116 valence electrons. The molecule has 2 saturated heterocycles. The van der Waals surface area contributed by atoms with Crippen LogP contribution in [0.4, 0.5) is 5.82 Å². The first-order valence-corrected chi connectivity index (χ1v) is 7.55. The number of nitrogens with one attached hydrogen (secondary N) is 1. The number of hydrogen-bond acceptors (Lipinski definition) is 5. The van der Waals surface area contributed by atoms with Crippen molar-refractivity contribution in [3.8, 4) is 0 Å². The number of rotatable bonds is 2. The molecule has 0 unspecified atom stereocenters. The van der Waals surface area contributed by atoms with E-state index in [1.54, 1.807) is 6.33 Å². The lowest BCUT2D eigenvalue weighted by Crippen LogP contribution is -2.35. The van der Waals surface area contributed by atoms with Gasteiger partial charge in [0.05, 0.1) is 18.0 Å². The molecule has 0 radical (unpaired) electrons. The fourth-order valence-corrected chi connectivity index (χ4v) is 3.83. The van der Waals surface area contributed by atoms with Crippen molar-refractivity contribution >= 4 is 16.9 Å². The Morgan fingerprint density at radius 3 is 3.10 bits per heavy atom. The van der Waals surface area contributed by atoms with Crippen LogP contribution in [0.5, 0.6) is 0 Å². The van der Waals surface area contributed by atoms with Crippen LogP contribution in [0.25, 0.3) is 11.0 Å². The first-order chi connectivity index (χ1) is 10.3. The Labute approximate surface area is 126 Å². The van der Waals surface area contributed by atoms with Gasteiger partial charge in [-0.05, 0) is 30.7 Å². The van der Waals surface area contributed by atoms with Gasteiger partial charge in [0.15, 0.2) is 0 Å². The molecule has 2 N–H and O–H groups in total. The molecule has 4 heterocycles. The summed E-state index contributed by atoms with van der Waals surface area (Å²) in [5.74, 6) is 0.934. The Hall–Kier alpha value is -1.66. The van der Waals surface area contributed by atoms with Gasteiger partial charge in [-0.25, -0.2) is 9.97 Å². The lowest BCUT2D eigenvalue weighted by Gasteiger charge is -2.33. The van der Waals surface area contributed by atoms with Gasteiger partial charge in [-0.1, -0.05) is 0 Å². The Morgan fingerprint density at radius 2 is 2.29 bits per heavy atom. The number of ether oxygens (including phenoxy) is 1. The third-order valence-corrected chi connectivity index (χ3v) is 4.98. The molecule has 0 aliphatic carbocycles. The summed E-state index contributed by atoms with van der Waals surface area (Å²) in [6.45, 7) is 2.77. The minimum Gasteiger partial charge on any atom is -0.394 e. The van der Waals surface area contributed by atoms with Gasteiger partial charge in [0.1, 0.15) is 17.8 Å². The van der Waals surface area contributed by atoms with Gasteiger partial charge in [-0.15, -0.1) is 0 Å². The van der Waals surface area contributed by atoms with Crippen LogP contribution >= 0.6 is 0 Å². The van der Waals surface area contributed by atoms with E-state index in [0.717, 1.165) is 55.9 Å². The van der Waals surface area contributed by atoms with Crippen LogP contribution in [0, 0.1) is 5.41 Å². The molecule has 0 bridgehead atoms. The van der Waals surface area contributed by atoms with Gasteiger partial charge in [0, 0.05) is 28.8 Å². The molecule has 6 nitrogen and oxygen atoms in total. The van der Waals surface area contributed by atoms with Crippen molar-refractivity contribution in [1.29, 1.82) is 0 Å². The number of hydrogen-bond donors (Lipinski definition) is 2. The quantitative estimate of drug-likeness (QED) is 0.883. The van der Waals surface area contributed by atoms with Gasteiger partial charge in [-0.2, -0.15) is 0 Å². The maximum absolute atomic E-state index is 9.81. The first-order valence-electron chi connectivity index (χ1n) is 7.55. The minimum atomic E-state index is 0. The highest BCUT2D eigenvalue weighted by Gasteiger charge is 2.45. The van der Waals surface area contributed by atoms with E-state index in [1.807, 2.05) is 12.3 Å². The molecule has 2 fully saturated rings. The zero-order valence-corrected chi connectivity index (χ0v) is 12.0. The normalized spacial score (nSPS) is 25.0. The van der Waals surface area contributed by atoms with Crippen LogP contribution in [0.3, 0.4) is 0 Å². The lowest BCUT2D eigenvalue weighted by atomic mass is 9.78. The van der Waals surface area contributed by atoms with E-state index in [0.29, 0.717) is 0 Å². The number of aromatic amines is 1. The Bertz CT molecular complexity index is 645. The number of aromatic nitrogens is 3. The second kappa shape index (κ2) is 4.96. The molecular formula is C15H24N4O2. The van der Waals surface area contributed by atoms with Gasteiger partial charge in [0.25, 0.3) is 0 Å². The van der Waals surface area contributed by atoms with Crippen molar-refractivity contribution in [3.05, 3.63) is 18.6 Å². The fraction of sp³-hybridized carbons (Fsp3) is 0.600. The van der Waals surface area contributed by atoms with E-state index in [4.69, 9.17) is 4.74 Å². The van der Waals surface area contributed by atoms with Gasteiger partial charge >= 0.3 is 0 Å². The molecule has 2 aromatic heterocycles. The van der Waals surface area contributed by atoms with E-state index in [1.165, 1.54) is 0 Å². The molecule has 2 aliphatic rings. The SMILES string of the molecule is OC[C@@H]1CC2(CCOCC2)CN1c1ncnc2[nH]ccc12.[HH].[HH]. The number of aliphatic hydroxyl groups excluding tert-OH is 1. The van der Waals surface area contributed by atoms with Crippen LogP contribution in [0.1, 0.15) is 22.1 Å².